The van der Waals surface area contributed by atoms with Crippen LogP contribution in [0.2, 0.25) is 0 Å². The van der Waals surface area contributed by atoms with Crippen molar-refractivity contribution < 1.29 is 24.2 Å². The van der Waals surface area contributed by atoms with E-state index in [0.717, 1.165) is 24.0 Å². The molecule has 214 valence electrons. The molecule has 42 heavy (non-hydrogen) atoms. The Morgan fingerprint density at radius 2 is 1.48 bits per heavy atom. The number of unbranched alkanes of at least 4 members (excludes halogenated alkanes) is 1. The molecule has 5 rings (SSSR count). The first kappa shape index (κ1) is 28.7. The zero-order chi connectivity index (χ0) is 29.3. The van der Waals surface area contributed by atoms with E-state index in [1.165, 1.54) is 0 Å². The highest BCUT2D eigenvalue weighted by Crippen LogP contribution is 2.40. The molecular formula is C36H35NO5. The van der Waals surface area contributed by atoms with E-state index in [1.807, 2.05) is 91.0 Å². The number of carbonyl (C=O) groups excluding carboxylic acids is 2. The van der Waals surface area contributed by atoms with Crippen LogP contribution in [0.5, 0.6) is 11.5 Å². The molecule has 0 saturated carbocycles. The number of nitrogens with zero attached hydrogens (tertiary/aromatic N) is 1. The van der Waals surface area contributed by atoms with Gasteiger partial charge in [-0.3, -0.25) is 9.59 Å². The van der Waals surface area contributed by atoms with Gasteiger partial charge in [-0.2, -0.15) is 0 Å². The lowest BCUT2D eigenvalue weighted by atomic mass is 9.95. The van der Waals surface area contributed by atoms with Crippen LogP contribution in [-0.2, 0) is 22.6 Å². The number of hydrogen-bond acceptors (Lipinski definition) is 5. The van der Waals surface area contributed by atoms with Crippen molar-refractivity contribution in [3.05, 3.63) is 137 Å². The van der Waals surface area contributed by atoms with Gasteiger partial charge in [-0.05, 0) is 53.8 Å². The average molecular weight is 562 g/mol. The SMILES string of the molecule is CCCCOc1cccc(C(O)=C2C(=O)C(=O)N(CCc3ccccc3)C2c2ccc(OCc3ccccc3)cc2)c1. The van der Waals surface area contributed by atoms with E-state index in [4.69, 9.17) is 9.47 Å². The van der Waals surface area contributed by atoms with Crippen LogP contribution >= 0.6 is 0 Å². The minimum Gasteiger partial charge on any atom is -0.507 e. The molecule has 0 aromatic heterocycles. The van der Waals surface area contributed by atoms with Gasteiger partial charge < -0.3 is 19.5 Å². The number of amides is 1. The summed E-state index contributed by atoms with van der Waals surface area (Å²) in [6, 6.07) is 33.4. The quantitative estimate of drug-likeness (QED) is 0.0864. The molecule has 6 heteroatoms. The zero-order valence-electron chi connectivity index (χ0n) is 23.7. The second-order valence-electron chi connectivity index (χ2n) is 10.3. The fraction of sp³-hybridized carbons (Fsp3) is 0.222. The Balaban J connectivity index is 1.47. The van der Waals surface area contributed by atoms with Gasteiger partial charge in [0.1, 0.15) is 23.9 Å². The van der Waals surface area contributed by atoms with Crippen molar-refractivity contribution in [2.75, 3.05) is 13.2 Å². The highest BCUT2D eigenvalue weighted by molar-refractivity contribution is 6.46. The van der Waals surface area contributed by atoms with Gasteiger partial charge >= 0.3 is 0 Å². The van der Waals surface area contributed by atoms with Crippen molar-refractivity contribution in [2.45, 2.75) is 38.8 Å². The molecule has 1 fully saturated rings. The van der Waals surface area contributed by atoms with Crippen LogP contribution in [0, 0.1) is 0 Å². The van der Waals surface area contributed by atoms with Gasteiger partial charge in [0, 0.05) is 12.1 Å². The molecule has 4 aromatic carbocycles. The summed E-state index contributed by atoms with van der Waals surface area (Å²) < 4.78 is 11.8. The van der Waals surface area contributed by atoms with Crippen molar-refractivity contribution in [1.29, 1.82) is 0 Å². The van der Waals surface area contributed by atoms with Crippen molar-refractivity contribution in [3.8, 4) is 11.5 Å². The number of ether oxygens (including phenoxy) is 2. The Kier molecular flexibility index (Phi) is 9.34. The number of likely N-dealkylation sites (tertiary alicyclic amines) is 1. The first-order valence-corrected chi connectivity index (χ1v) is 14.4. The number of ketones is 1. The minimum atomic E-state index is -0.749. The van der Waals surface area contributed by atoms with Gasteiger partial charge in [0.15, 0.2) is 0 Å². The molecule has 0 spiro atoms. The van der Waals surface area contributed by atoms with Gasteiger partial charge in [-0.15, -0.1) is 0 Å². The van der Waals surface area contributed by atoms with E-state index in [-0.39, 0.29) is 11.3 Å². The third kappa shape index (κ3) is 6.72. The standard InChI is InChI=1S/C36H35NO5/c1-2-3-23-41-31-16-10-15-29(24-31)34(38)32-33(37(36(40)35(32)39)22-21-26-11-6-4-7-12-26)28-17-19-30(20-18-28)42-25-27-13-8-5-9-14-27/h4-20,24,33,38H,2-3,21-23,25H2,1H3. The molecular weight excluding hydrogens is 526 g/mol. The summed E-state index contributed by atoms with van der Waals surface area (Å²) in [6.07, 6.45) is 2.49. The van der Waals surface area contributed by atoms with Gasteiger partial charge in [0.25, 0.3) is 11.7 Å². The predicted octanol–water partition coefficient (Wildman–Crippen LogP) is 7.11. The zero-order valence-corrected chi connectivity index (χ0v) is 23.7. The fourth-order valence-electron chi connectivity index (χ4n) is 5.06. The molecule has 6 nitrogen and oxygen atoms in total. The van der Waals surface area contributed by atoms with Crippen LogP contribution in [0.3, 0.4) is 0 Å². The first-order chi connectivity index (χ1) is 20.5. The minimum absolute atomic E-state index is 0.0664. The van der Waals surface area contributed by atoms with Crippen LogP contribution < -0.4 is 9.47 Å². The van der Waals surface area contributed by atoms with E-state index in [1.54, 1.807) is 23.1 Å². The molecule has 1 saturated heterocycles. The molecule has 0 aliphatic carbocycles. The summed E-state index contributed by atoms with van der Waals surface area (Å²) in [5.41, 5.74) is 3.32. The Morgan fingerprint density at radius 3 is 2.17 bits per heavy atom. The van der Waals surface area contributed by atoms with E-state index < -0.39 is 17.7 Å². The number of carbonyl (C=O) groups is 2. The second-order valence-corrected chi connectivity index (χ2v) is 10.3. The van der Waals surface area contributed by atoms with Crippen LogP contribution in [0.4, 0.5) is 0 Å². The molecule has 1 atom stereocenters. The molecule has 1 heterocycles. The molecule has 4 aromatic rings. The fourth-order valence-corrected chi connectivity index (χ4v) is 5.06. The number of aliphatic hydroxyl groups excluding tert-OH is 1. The second kappa shape index (κ2) is 13.7. The first-order valence-electron chi connectivity index (χ1n) is 14.4. The Bertz CT molecular complexity index is 1530. The van der Waals surface area contributed by atoms with Crippen molar-refractivity contribution in [1.82, 2.24) is 4.90 Å². The monoisotopic (exact) mass is 561 g/mol. The van der Waals surface area contributed by atoms with Gasteiger partial charge in [0.05, 0.1) is 18.2 Å². The lowest BCUT2D eigenvalue weighted by molar-refractivity contribution is -0.139. The maximum atomic E-state index is 13.5. The summed E-state index contributed by atoms with van der Waals surface area (Å²) in [4.78, 5) is 28.4. The van der Waals surface area contributed by atoms with Crippen LogP contribution in [-0.4, -0.2) is 34.8 Å². The van der Waals surface area contributed by atoms with E-state index in [2.05, 4.69) is 6.92 Å². The van der Waals surface area contributed by atoms with Crippen molar-refractivity contribution >= 4 is 17.4 Å². The van der Waals surface area contributed by atoms with E-state index in [9.17, 15) is 14.7 Å². The Hall–Kier alpha value is -4.84. The lowest BCUT2D eigenvalue weighted by Gasteiger charge is -2.25. The van der Waals surface area contributed by atoms with Crippen molar-refractivity contribution in [2.24, 2.45) is 0 Å². The van der Waals surface area contributed by atoms with Crippen LogP contribution in [0.1, 0.15) is 48.1 Å². The lowest BCUT2D eigenvalue weighted by Crippen LogP contribution is -2.31. The van der Waals surface area contributed by atoms with Gasteiger partial charge in [-0.25, -0.2) is 0 Å². The number of aliphatic hydroxyl groups is 1. The molecule has 0 radical (unpaired) electrons. The van der Waals surface area contributed by atoms with Crippen LogP contribution in [0.25, 0.3) is 5.76 Å². The Labute approximate surface area is 246 Å². The third-order valence-corrected chi connectivity index (χ3v) is 7.34. The summed E-state index contributed by atoms with van der Waals surface area (Å²) in [7, 11) is 0. The summed E-state index contributed by atoms with van der Waals surface area (Å²) in [5, 5.41) is 11.5. The van der Waals surface area contributed by atoms with E-state index in [0.29, 0.717) is 48.8 Å². The van der Waals surface area contributed by atoms with E-state index >= 15 is 0 Å². The maximum Gasteiger partial charge on any atom is 0.295 e. The summed E-state index contributed by atoms with van der Waals surface area (Å²) >= 11 is 0. The highest BCUT2D eigenvalue weighted by Gasteiger charge is 2.45. The average Bonchev–Trinajstić information content (AvgIpc) is 3.29. The molecule has 1 amide bonds. The van der Waals surface area contributed by atoms with Gasteiger partial charge in [0.2, 0.25) is 0 Å². The third-order valence-electron chi connectivity index (χ3n) is 7.34. The smallest absolute Gasteiger partial charge is 0.295 e. The predicted molar refractivity (Wildman–Crippen MR) is 163 cm³/mol. The Morgan fingerprint density at radius 1 is 0.786 bits per heavy atom. The normalized spacial score (nSPS) is 16.0. The molecule has 1 aliphatic heterocycles. The maximum absolute atomic E-state index is 13.5. The number of benzene rings is 4. The van der Waals surface area contributed by atoms with Crippen molar-refractivity contribution in [3.63, 3.8) is 0 Å². The van der Waals surface area contributed by atoms with Crippen LogP contribution in [0.15, 0.2) is 115 Å². The molecule has 1 N–H and O–H groups in total. The molecule has 1 aliphatic rings. The summed E-state index contributed by atoms with van der Waals surface area (Å²) in [6.45, 7) is 3.39. The van der Waals surface area contributed by atoms with Gasteiger partial charge in [-0.1, -0.05) is 98.3 Å². The summed E-state index contributed by atoms with van der Waals surface area (Å²) in [5.74, 6) is -0.279. The number of Topliss-reactive ketones (excluding diaryl/α,β-unsaturated/α-hetero) is 1. The topological polar surface area (TPSA) is 76.1 Å². The molecule has 0 bridgehead atoms. The number of rotatable bonds is 12. The highest BCUT2D eigenvalue weighted by atomic mass is 16.5. The largest absolute Gasteiger partial charge is 0.507 e. The molecule has 1 unspecified atom stereocenters. The number of hydrogen-bond donors (Lipinski definition) is 1.